The molecule has 0 bridgehead atoms. The van der Waals surface area contributed by atoms with Crippen LogP contribution in [0.4, 0.5) is 0 Å². The summed E-state index contributed by atoms with van der Waals surface area (Å²) < 4.78 is 5.13. The molecule has 1 aliphatic carbocycles. The van der Waals surface area contributed by atoms with Crippen molar-refractivity contribution in [1.29, 1.82) is 0 Å². The summed E-state index contributed by atoms with van der Waals surface area (Å²) in [6, 6.07) is 0. The summed E-state index contributed by atoms with van der Waals surface area (Å²) in [6.07, 6.45) is 3.58. The minimum atomic E-state index is -0.935. The molecule has 100 valence electrons. The molecule has 1 aliphatic rings. The number of rotatable bonds is 7. The highest BCUT2D eigenvalue weighted by Gasteiger charge is 2.33. The van der Waals surface area contributed by atoms with Gasteiger partial charge in [0.25, 0.3) is 0 Å². The van der Waals surface area contributed by atoms with Crippen LogP contribution in [0.2, 0.25) is 0 Å². The van der Waals surface area contributed by atoms with Crippen LogP contribution in [-0.4, -0.2) is 26.8 Å². The van der Waals surface area contributed by atoms with Gasteiger partial charge in [0.05, 0.1) is 6.54 Å². The zero-order valence-electron chi connectivity index (χ0n) is 10.8. The highest BCUT2D eigenvalue weighted by atomic mass is 16.5. The zero-order valence-corrected chi connectivity index (χ0v) is 10.8. The molecular formula is C12H19N3O3. The number of carbonyl (C=O) groups is 1. The summed E-state index contributed by atoms with van der Waals surface area (Å²) in [5, 5.41) is 16.1. The van der Waals surface area contributed by atoms with Gasteiger partial charge in [-0.15, -0.1) is 0 Å². The average molecular weight is 253 g/mol. The van der Waals surface area contributed by atoms with Crippen molar-refractivity contribution in [3.8, 4) is 0 Å². The Hall–Kier alpha value is -1.43. The standard InChI is InChI=1S/C12H19N3O3/c1-3-6-12(2,11(16)17)13-7-9-14-10(18-15-9)8-4-5-8/h8,13H,3-7H2,1-2H3,(H,16,17). The van der Waals surface area contributed by atoms with Gasteiger partial charge in [-0.05, 0) is 26.2 Å². The Morgan fingerprint density at radius 2 is 2.33 bits per heavy atom. The Balaban J connectivity index is 1.93. The third-order valence-corrected chi connectivity index (χ3v) is 3.27. The maximum absolute atomic E-state index is 11.2. The van der Waals surface area contributed by atoms with E-state index in [9.17, 15) is 9.90 Å². The van der Waals surface area contributed by atoms with E-state index in [0.717, 1.165) is 19.3 Å². The highest BCUT2D eigenvalue weighted by Crippen LogP contribution is 2.38. The van der Waals surface area contributed by atoms with Crippen LogP contribution in [0.15, 0.2) is 4.52 Å². The van der Waals surface area contributed by atoms with Crippen molar-refractivity contribution in [3.63, 3.8) is 0 Å². The van der Waals surface area contributed by atoms with E-state index < -0.39 is 11.5 Å². The predicted molar refractivity (Wildman–Crippen MR) is 64.1 cm³/mol. The molecule has 1 fully saturated rings. The first-order chi connectivity index (χ1) is 8.55. The summed E-state index contributed by atoms with van der Waals surface area (Å²) in [5.41, 5.74) is -0.935. The first kappa shape index (κ1) is 13.0. The Bertz CT molecular complexity index is 428. The molecule has 0 radical (unpaired) electrons. The molecule has 1 aromatic rings. The lowest BCUT2D eigenvalue weighted by Gasteiger charge is -2.24. The number of carboxylic acid groups (broad SMARTS) is 1. The molecule has 2 rings (SSSR count). The molecule has 0 amide bonds. The molecule has 0 aliphatic heterocycles. The molecule has 2 N–H and O–H groups in total. The van der Waals surface area contributed by atoms with Gasteiger partial charge in [0.15, 0.2) is 5.82 Å². The maximum atomic E-state index is 11.2. The van der Waals surface area contributed by atoms with Gasteiger partial charge in [-0.1, -0.05) is 18.5 Å². The fraction of sp³-hybridized carbons (Fsp3) is 0.750. The first-order valence-electron chi connectivity index (χ1n) is 6.36. The molecule has 0 aromatic carbocycles. The summed E-state index contributed by atoms with van der Waals surface area (Å²) >= 11 is 0. The third kappa shape index (κ3) is 2.87. The predicted octanol–water partition coefficient (Wildman–Crippen LogP) is 1.68. The van der Waals surface area contributed by atoms with Gasteiger partial charge in [0.2, 0.25) is 5.89 Å². The van der Waals surface area contributed by atoms with Gasteiger partial charge >= 0.3 is 5.97 Å². The minimum absolute atomic E-state index is 0.318. The molecule has 18 heavy (non-hydrogen) atoms. The number of hydrogen-bond acceptors (Lipinski definition) is 5. The molecule has 1 unspecified atom stereocenters. The van der Waals surface area contributed by atoms with E-state index in [0.29, 0.717) is 30.6 Å². The van der Waals surface area contributed by atoms with Gasteiger partial charge in [-0.2, -0.15) is 4.98 Å². The van der Waals surface area contributed by atoms with Gasteiger partial charge in [-0.3, -0.25) is 10.1 Å². The zero-order chi connectivity index (χ0) is 13.2. The fourth-order valence-corrected chi connectivity index (χ4v) is 1.88. The van der Waals surface area contributed by atoms with Crippen LogP contribution in [0.25, 0.3) is 0 Å². The maximum Gasteiger partial charge on any atom is 0.323 e. The van der Waals surface area contributed by atoms with Gasteiger partial charge < -0.3 is 9.63 Å². The number of aliphatic carboxylic acids is 1. The van der Waals surface area contributed by atoms with E-state index in [1.807, 2.05) is 6.92 Å². The van der Waals surface area contributed by atoms with E-state index in [4.69, 9.17) is 4.52 Å². The number of aromatic nitrogens is 2. The van der Waals surface area contributed by atoms with E-state index >= 15 is 0 Å². The second-order valence-corrected chi connectivity index (χ2v) is 5.06. The van der Waals surface area contributed by atoms with Gasteiger partial charge in [-0.25, -0.2) is 0 Å². The number of hydrogen-bond donors (Lipinski definition) is 2. The summed E-state index contributed by atoms with van der Waals surface area (Å²) in [4.78, 5) is 15.5. The van der Waals surface area contributed by atoms with Crippen LogP contribution in [0.5, 0.6) is 0 Å². The summed E-state index contributed by atoms with van der Waals surface area (Å²) in [6.45, 7) is 3.96. The van der Waals surface area contributed by atoms with Crippen molar-refractivity contribution in [2.24, 2.45) is 0 Å². The lowest BCUT2D eigenvalue weighted by atomic mass is 9.96. The van der Waals surface area contributed by atoms with Crippen LogP contribution in [0.3, 0.4) is 0 Å². The lowest BCUT2D eigenvalue weighted by molar-refractivity contribution is -0.144. The van der Waals surface area contributed by atoms with Crippen LogP contribution in [-0.2, 0) is 11.3 Å². The van der Waals surface area contributed by atoms with Crippen LogP contribution in [0, 0.1) is 0 Å². The van der Waals surface area contributed by atoms with Crippen molar-refractivity contribution in [2.45, 2.75) is 57.5 Å². The minimum Gasteiger partial charge on any atom is -0.480 e. The molecule has 0 saturated heterocycles. The highest BCUT2D eigenvalue weighted by molar-refractivity contribution is 5.78. The normalized spacial score (nSPS) is 18.6. The lowest BCUT2D eigenvalue weighted by Crippen LogP contribution is -2.49. The van der Waals surface area contributed by atoms with Crippen molar-refractivity contribution in [2.75, 3.05) is 0 Å². The smallest absolute Gasteiger partial charge is 0.323 e. The van der Waals surface area contributed by atoms with Crippen molar-refractivity contribution >= 4 is 5.97 Å². The second kappa shape index (κ2) is 5.06. The monoisotopic (exact) mass is 253 g/mol. The molecule has 1 atom stereocenters. The molecule has 1 saturated carbocycles. The molecule has 6 nitrogen and oxygen atoms in total. The quantitative estimate of drug-likeness (QED) is 0.768. The van der Waals surface area contributed by atoms with Crippen LogP contribution >= 0.6 is 0 Å². The van der Waals surface area contributed by atoms with E-state index in [2.05, 4.69) is 15.5 Å². The van der Waals surface area contributed by atoms with Crippen LogP contribution in [0.1, 0.15) is 57.2 Å². The Morgan fingerprint density at radius 3 is 2.89 bits per heavy atom. The molecule has 1 aromatic heterocycles. The Labute approximate surface area is 106 Å². The van der Waals surface area contributed by atoms with E-state index in [1.165, 1.54) is 0 Å². The SMILES string of the molecule is CCCC(C)(NCc1noc(C2CC2)n1)C(=O)O. The summed E-state index contributed by atoms with van der Waals surface area (Å²) in [5.74, 6) is 0.780. The second-order valence-electron chi connectivity index (χ2n) is 5.06. The fourth-order valence-electron chi connectivity index (χ4n) is 1.88. The number of nitrogens with one attached hydrogen (secondary N) is 1. The first-order valence-corrected chi connectivity index (χ1v) is 6.36. The average Bonchev–Trinajstić information content (AvgIpc) is 3.06. The van der Waals surface area contributed by atoms with E-state index in [1.54, 1.807) is 6.92 Å². The molecule has 6 heteroatoms. The van der Waals surface area contributed by atoms with Gasteiger partial charge in [0.1, 0.15) is 5.54 Å². The molecule has 0 spiro atoms. The Kier molecular flexibility index (Phi) is 3.65. The molecule has 1 heterocycles. The van der Waals surface area contributed by atoms with Gasteiger partial charge in [0, 0.05) is 5.92 Å². The molecular weight excluding hydrogens is 234 g/mol. The number of carboxylic acids is 1. The largest absolute Gasteiger partial charge is 0.480 e. The summed E-state index contributed by atoms with van der Waals surface area (Å²) in [7, 11) is 0. The Morgan fingerprint density at radius 1 is 1.61 bits per heavy atom. The third-order valence-electron chi connectivity index (χ3n) is 3.27. The van der Waals surface area contributed by atoms with E-state index in [-0.39, 0.29) is 0 Å². The van der Waals surface area contributed by atoms with Crippen molar-refractivity contribution in [3.05, 3.63) is 11.7 Å². The van der Waals surface area contributed by atoms with Crippen molar-refractivity contribution < 1.29 is 14.4 Å². The van der Waals surface area contributed by atoms with Crippen LogP contribution < -0.4 is 5.32 Å². The van der Waals surface area contributed by atoms with Crippen molar-refractivity contribution in [1.82, 2.24) is 15.5 Å². The topological polar surface area (TPSA) is 88.3 Å². The number of nitrogens with zero attached hydrogens (tertiary/aromatic N) is 2.